The predicted octanol–water partition coefficient (Wildman–Crippen LogP) is 2.55. The van der Waals surface area contributed by atoms with Gasteiger partial charge in [-0.3, -0.25) is 4.79 Å². The van der Waals surface area contributed by atoms with E-state index in [0.717, 1.165) is 30.9 Å². The number of nitrogens with one attached hydrogen (secondary N) is 2. The van der Waals surface area contributed by atoms with Crippen LogP contribution in [0.2, 0.25) is 0 Å². The third-order valence-corrected chi connectivity index (χ3v) is 5.25. The SMILES string of the molecule is Cc1ccc(-n2nc(C3CCNC3)cc2NC(=O)c2cnn3cccnc23)cc1. The number of aryl methyl sites for hydroxylation is 1. The van der Waals surface area contributed by atoms with E-state index in [-0.39, 0.29) is 5.91 Å². The minimum Gasteiger partial charge on any atom is -0.316 e. The summed E-state index contributed by atoms with van der Waals surface area (Å²) in [5, 5.41) is 15.4. The van der Waals surface area contributed by atoms with Gasteiger partial charge in [-0.1, -0.05) is 17.7 Å². The van der Waals surface area contributed by atoms with Crippen molar-refractivity contribution < 1.29 is 4.79 Å². The summed E-state index contributed by atoms with van der Waals surface area (Å²) in [6.45, 7) is 3.93. The fourth-order valence-electron chi connectivity index (χ4n) is 3.65. The molecule has 1 atom stereocenters. The molecule has 4 aromatic rings. The van der Waals surface area contributed by atoms with Gasteiger partial charge in [0, 0.05) is 30.9 Å². The summed E-state index contributed by atoms with van der Waals surface area (Å²) in [5.74, 6) is 0.718. The van der Waals surface area contributed by atoms with Gasteiger partial charge in [-0.05, 0) is 38.1 Å². The molecule has 1 amide bonds. The maximum absolute atomic E-state index is 13.0. The Morgan fingerprint density at radius 3 is 2.93 bits per heavy atom. The van der Waals surface area contributed by atoms with Gasteiger partial charge in [-0.2, -0.15) is 10.2 Å². The Hall–Kier alpha value is -3.52. The van der Waals surface area contributed by atoms with Crippen molar-refractivity contribution >= 4 is 17.4 Å². The third kappa shape index (κ3) is 3.27. The number of amides is 1. The van der Waals surface area contributed by atoms with E-state index < -0.39 is 0 Å². The Morgan fingerprint density at radius 1 is 1.28 bits per heavy atom. The van der Waals surface area contributed by atoms with Gasteiger partial charge in [0.25, 0.3) is 5.91 Å². The van der Waals surface area contributed by atoms with E-state index in [1.54, 1.807) is 27.7 Å². The topological polar surface area (TPSA) is 89.1 Å². The zero-order chi connectivity index (χ0) is 19.8. The van der Waals surface area contributed by atoms with E-state index in [9.17, 15) is 4.79 Å². The molecule has 1 aliphatic heterocycles. The molecular weight excluding hydrogens is 366 g/mol. The average molecular weight is 387 g/mol. The third-order valence-electron chi connectivity index (χ3n) is 5.25. The number of carbonyl (C=O) groups excluding carboxylic acids is 1. The van der Waals surface area contributed by atoms with Crippen LogP contribution in [0.25, 0.3) is 11.3 Å². The molecule has 1 unspecified atom stereocenters. The van der Waals surface area contributed by atoms with E-state index in [4.69, 9.17) is 5.10 Å². The number of rotatable bonds is 4. The molecule has 4 heterocycles. The Labute approximate surface area is 167 Å². The number of anilines is 1. The van der Waals surface area contributed by atoms with Crippen molar-refractivity contribution in [2.24, 2.45) is 0 Å². The lowest BCUT2D eigenvalue weighted by Crippen LogP contribution is -2.15. The van der Waals surface area contributed by atoms with Crippen LogP contribution in [-0.4, -0.2) is 43.4 Å². The highest BCUT2D eigenvalue weighted by Gasteiger charge is 2.23. The molecule has 8 nitrogen and oxygen atoms in total. The number of nitrogens with zero attached hydrogens (tertiary/aromatic N) is 5. The molecule has 1 aliphatic rings. The maximum Gasteiger partial charge on any atom is 0.262 e. The number of hydrogen-bond donors (Lipinski definition) is 2. The number of aromatic nitrogens is 5. The maximum atomic E-state index is 13.0. The fraction of sp³-hybridized carbons (Fsp3) is 0.238. The second kappa shape index (κ2) is 7.14. The minimum atomic E-state index is -0.261. The highest BCUT2D eigenvalue weighted by Crippen LogP contribution is 2.27. The van der Waals surface area contributed by atoms with Crippen molar-refractivity contribution in [2.45, 2.75) is 19.3 Å². The zero-order valence-corrected chi connectivity index (χ0v) is 16.0. The first kappa shape index (κ1) is 17.6. The molecule has 146 valence electrons. The van der Waals surface area contributed by atoms with Crippen molar-refractivity contribution in [3.05, 3.63) is 71.8 Å². The monoisotopic (exact) mass is 387 g/mol. The van der Waals surface area contributed by atoms with Crippen LogP contribution in [0.5, 0.6) is 0 Å². The highest BCUT2D eigenvalue weighted by molar-refractivity contribution is 6.07. The largest absolute Gasteiger partial charge is 0.316 e. The molecule has 29 heavy (non-hydrogen) atoms. The molecule has 8 heteroatoms. The van der Waals surface area contributed by atoms with E-state index in [2.05, 4.69) is 20.7 Å². The average Bonchev–Trinajstić information content (AvgIpc) is 3.48. The van der Waals surface area contributed by atoms with Crippen LogP contribution in [0, 0.1) is 6.92 Å². The molecule has 2 N–H and O–H groups in total. The van der Waals surface area contributed by atoms with Crippen LogP contribution >= 0.6 is 0 Å². The molecule has 1 saturated heterocycles. The molecule has 5 rings (SSSR count). The van der Waals surface area contributed by atoms with Crippen molar-refractivity contribution in [1.82, 2.24) is 29.7 Å². The van der Waals surface area contributed by atoms with Crippen LogP contribution < -0.4 is 10.6 Å². The Balaban J connectivity index is 1.52. The Bertz CT molecular complexity index is 1170. The van der Waals surface area contributed by atoms with Gasteiger partial charge in [0.2, 0.25) is 0 Å². The van der Waals surface area contributed by atoms with Gasteiger partial charge < -0.3 is 10.6 Å². The van der Waals surface area contributed by atoms with Gasteiger partial charge in [-0.25, -0.2) is 14.2 Å². The van der Waals surface area contributed by atoms with Crippen LogP contribution in [0.15, 0.2) is 55.0 Å². The van der Waals surface area contributed by atoms with Crippen molar-refractivity contribution in [3.8, 4) is 5.69 Å². The smallest absolute Gasteiger partial charge is 0.262 e. The van der Waals surface area contributed by atoms with Gasteiger partial charge in [-0.15, -0.1) is 0 Å². The summed E-state index contributed by atoms with van der Waals surface area (Å²) in [6.07, 6.45) is 5.98. The Morgan fingerprint density at radius 2 is 2.14 bits per heavy atom. The fourth-order valence-corrected chi connectivity index (χ4v) is 3.65. The zero-order valence-electron chi connectivity index (χ0n) is 16.0. The van der Waals surface area contributed by atoms with Gasteiger partial charge >= 0.3 is 0 Å². The summed E-state index contributed by atoms with van der Waals surface area (Å²) >= 11 is 0. The van der Waals surface area contributed by atoms with Crippen molar-refractivity contribution in [2.75, 3.05) is 18.4 Å². The molecule has 0 saturated carbocycles. The highest BCUT2D eigenvalue weighted by atomic mass is 16.1. The number of hydrogen-bond acceptors (Lipinski definition) is 5. The lowest BCUT2D eigenvalue weighted by Gasteiger charge is -2.09. The second-order valence-corrected chi connectivity index (χ2v) is 7.29. The summed E-state index contributed by atoms with van der Waals surface area (Å²) in [7, 11) is 0. The van der Waals surface area contributed by atoms with Crippen molar-refractivity contribution in [1.29, 1.82) is 0 Å². The molecule has 1 fully saturated rings. The van der Waals surface area contributed by atoms with E-state index in [1.165, 1.54) is 11.8 Å². The number of carbonyl (C=O) groups is 1. The van der Waals surface area contributed by atoms with E-state index in [0.29, 0.717) is 22.9 Å². The van der Waals surface area contributed by atoms with E-state index >= 15 is 0 Å². The van der Waals surface area contributed by atoms with Crippen LogP contribution in [-0.2, 0) is 0 Å². The first-order valence-electron chi connectivity index (χ1n) is 9.66. The molecule has 0 aliphatic carbocycles. The number of fused-ring (bicyclic) bond motifs is 1. The van der Waals surface area contributed by atoms with Crippen LogP contribution in [0.1, 0.15) is 34.0 Å². The number of benzene rings is 1. The van der Waals surface area contributed by atoms with Crippen LogP contribution in [0.4, 0.5) is 5.82 Å². The van der Waals surface area contributed by atoms with Gasteiger partial charge in [0.1, 0.15) is 11.4 Å². The van der Waals surface area contributed by atoms with Crippen molar-refractivity contribution in [3.63, 3.8) is 0 Å². The lowest BCUT2D eigenvalue weighted by atomic mass is 10.1. The molecule has 3 aromatic heterocycles. The van der Waals surface area contributed by atoms with Gasteiger partial charge in [0.05, 0.1) is 17.6 Å². The predicted molar refractivity (Wildman–Crippen MR) is 109 cm³/mol. The standard InChI is InChI=1S/C21H21N7O/c1-14-3-5-16(6-4-14)28-19(11-18(26-28)15-7-9-22-12-15)25-21(29)17-13-24-27-10-2-8-23-20(17)27/h2-6,8,10-11,13,15,22H,7,9,12H2,1H3,(H,25,29). The minimum absolute atomic E-state index is 0.261. The molecule has 1 aromatic carbocycles. The summed E-state index contributed by atoms with van der Waals surface area (Å²) in [4.78, 5) is 17.3. The first-order chi connectivity index (χ1) is 14.2. The first-order valence-corrected chi connectivity index (χ1v) is 9.66. The molecule has 0 bridgehead atoms. The second-order valence-electron chi connectivity index (χ2n) is 7.29. The van der Waals surface area contributed by atoms with Crippen LogP contribution in [0.3, 0.4) is 0 Å². The molecular formula is C21H21N7O. The quantitative estimate of drug-likeness (QED) is 0.562. The lowest BCUT2D eigenvalue weighted by molar-refractivity contribution is 0.102. The van der Waals surface area contributed by atoms with Gasteiger partial charge in [0.15, 0.2) is 5.65 Å². The normalized spacial score (nSPS) is 16.4. The molecule has 0 spiro atoms. The summed E-state index contributed by atoms with van der Waals surface area (Å²) in [5.41, 5.74) is 3.99. The molecule has 0 radical (unpaired) electrons. The summed E-state index contributed by atoms with van der Waals surface area (Å²) < 4.78 is 3.38. The summed E-state index contributed by atoms with van der Waals surface area (Å²) in [6, 6.07) is 11.8. The van der Waals surface area contributed by atoms with E-state index in [1.807, 2.05) is 37.3 Å². The Kier molecular flexibility index (Phi) is 4.33.